The highest BCUT2D eigenvalue weighted by molar-refractivity contribution is 4.76. The normalized spacial score (nSPS) is 6.00. The topological polar surface area (TPSA) is 47.9 Å². The van der Waals surface area contributed by atoms with Crippen LogP contribution in [0.5, 0.6) is 0 Å². The Morgan fingerprint density at radius 1 is 1.43 bits per heavy atom. The molecule has 0 fully saturated rings. The minimum atomic E-state index is 1.28. The summed E-state index contributed by atoms with van der Waals surface area (Å²) in [5, 5.41) is 7.48. The Hall–Kier alpha value is -0.920. The average Bonchev–Trinajstić information content (AvgIpc) is 1.69. The van der Waals surface area contributed by atoms with E-state index >= 15 is 0 Å². The van der Waals surface area contributed by atoms with Gasteiger partial charge in [0.1, 0.15) is 0 Å². The van der Waals surface area contributed by atoms with Crippen molar-refractivity contribution in [3.05, 3.63) is 0 Å². The van der Waals surface area contributed by atoms with Crippen molar-refractivity contribution in [2.45, 2.75) is 0 Å². The molecule has 4 nitrogen and oxygen atoms in total. The zero-order valence-corrected chi connectivity index (χ0v) is 3.67. The van der Waals surface area contributed by atoms with Crippen LogP contribution in [0.4, 0.5) is 0 Å². The summed E-state index contributed by atoms with van der Waals surface area (Å²) in [6.07, 6.45) is 3.55. The summed E-state index contributed by atoms with van der Waals surface area (Å²) in [6, 6.07) is 0. The van der Waals surface area contributed by atoms with E-state index in [1.807, 2.05) is 6.11 Å². The fourth-order valence-corrected chi connectivity index (χ4v) is 0.0773. The van der Waals surface area contributed by atoms with Gasteiger partial charge in [0.2, 0.25) is 12.2 Å². The van der Waals surface area contributed by atoms with E-state index < -0.39 is 0 Å². The lowest BCUT2D eigenvalue weighted by Crippen LogP contribution is -1.76. The molecule has 0 aliphatic heterocycles. The molecule has 0 heterocycles. The minimum Gasteiger partial charge on any atom is -0.282 e. The predicted molar refractivity (Wildman–Crippen MR) is 19.6 cm³/mol. The Morgan fingerprint density at radius 3 is 2.57 bits per heavy atom. The molecule has 0 aliphatic carbocycles. The van der Waals surface area contributed by atoms with Gasteiger partial charge in [-0.15, -0.1) is 0 Å². The van der Waals surface area contributed by atoms with Crippen LogP contribution in [0.15, 0.2) is 0 Å². The molecule has 0 aromatic carbocycles. The molecule has 1 N–H and O–H groups in total. The van der Waals surface area contributed by atoms with Crippen LogP contribution in [0.25, 0.3) is 0 Å². The Bertz CT molecular complexity index is 78.7. The summed E-state index contributed by atoms with van der Waals surface area (Å²) in [5.74, 6) is 0. The summed E-state index contributed by atoms with van der Waals surface area (Å²) < 4.78 is 0. The quantitative estimate of drug-likeness (QED) is 0.288. The maximum absolute atomic E-state index is 7.48. The van der Waals surface area contributed by atoms with Gasteiger partial charge in [-0.25, -0.2) is 0 Å². The van der Waals surface area contributed by atoms with Crippen molar-refractivity contribution in [2.24, 2.45) is 0 Å². The maximum Gasteiger partial charge on any atom is 0.204 e. The molecular formula is C3H4O4. The SMILES string of the molecule is COOC#COO. The highest BCUT2D eigenvalue weighted by Crippen LogP contribution is 1.63. The van der Waals surface area contributed by atoms with Crippen LogP contribution in [-0.4, -0.2) is 12.4 Å². The van der Waals surface area contributed by atoms with Crippen molar-refractivity contribution < 1.29 is 19.9 Å². The van der Waals surface area contributed by atoms with E-state index in [9.17, 15) is 0 Å². The molecule has 0 atom stereocenters. The van der Waals surface area contributed by atoms with E-state index in [4.69, 9.17) is 5.26 Å². The molecular weight excluding hydrogens is 100 g/mol. The first-order valence-corrected chi connectivity index (χ1v) is 1.42. The van der Waals surface area contributed by atoms with E-state index in [1.54, 1.807) is 6.11 Å². The number of hydrogen-bond donors (Lipinski definition) is 1. The van der Waals surface area contributed by atoms with Gasteiger partial charge in [0.15, 0.2) is 0 Å². The zero-order chi connectivity index (χ0) is 5.54. The van der Waals surface area contributed by atoms with Gasteiger partial charge >= 0.3 is 0 Å². The Balaban J connectivity index is 2.91. The van der Waals surface area contributed by atoms with Crippen molar-refractivity contribution >= 4 is 0 Å². The minimum absolute atomic E-state index is 1.28. The molecule has 0 amide bonds. The average molecular weight is 104 g/mol. The fourth-order valence-electron chi connectivity index (χ4n) is 0.0773. The monoisotopic (exact) mass is 104 g/mol. The molecule has 0 aromatic rings. The van der Waals surface area contributed by atoms with E-state index in [2.05, 4.69) is 14.7 Å². The molecule has 0 radical (unpaired) electrons. The molecule has 7 heavy (non-hydrogen) atoms. The Labute approximate surface area is 40.5 Å². The summed E-state index contributed by atoms with van der Waals surface area (Å²) in [7, 11) is 1.28. The van der Waals surface area contributed by atoms with Crippen molar-refractivity contribution in [1.29, 1.82) is 0 Å². The molecule has 0 aromatic heterocycles. The predicted octanol–water partition coefficient (Wildman–Crippen LogP) is -0.0276. The van der Waals surface area contributed by atoms with Crippen molar-refractivity contribution in [3.63, 3.8) is 0 Å². The van der Waals surface area contributed by atoms with E-state index in [1.165, 1.54) is 7.11 Å². The molecule has 0 aliphatic rings. The molecule has 0 bridgehead atoms. The molecule has 0 spiro atoms. The molecule has 0 rings (SSSR count). The largest absolute Gasteiger partial charge is 0.282 e. The van der Waals surface area contributed by atoms with Crippen molar-refractivity contribution in [1.82, 2.24) is 0 Å². The van der Waals surface area contributed by atoms with Crippen LogP contribution < -0.4 is 0 Å². The summed E-state index contributed by atoms with van der Waals surface area (Å²) in [4.78, 5) is 11.2. The van der Waals surface area contributed by atoms with E-state index in [0.717, 1.165) is 0 Å². The van der Waals surface area contributed by atoms with Gasteiger partial charge in [-0.2, -0.15) is 10.1 Å². The standard InChI is InChI=1S/C3H4O4/c1-5-7-3-2-6-4/h4H,1H3. The maximum atomic E-state index is 7.48. The second kappa shape index (κ2) is 5.08. The van der Waals surface area contributed by atoms with E-state index in [0.29, 0.717) is 0 Å². The highest BCUT2D eigenvalue weighted by Gasteiger charge is 1.64. The van der Waals surface area contributed by atoms with Gasteiger partial charge in [0.05, 0.1) is 7.11 Å². The first-order valence-electron chi connectivity index (χ1n) is 1.42. The van der Waals surface area contributed by atoms with Crippen molar-refractivity contribution in [3.8, 4) is 12.2 Å². The smallest absolute Gasteiger partial charge is 0.204 e. The van der Waals surface area contributed by atoms with Crippen LogP contribution in [0.2, 0.25) is 0 Å². The van der Waals surface area contributed by atoms with Gasteiger partial charge in [0, 0.05) is 0 Å². The second-order valence-corrected chi connectivity index (χ2v) is 0.545. The Morgan fingerprint density at radius 2 is 2.14 bits per heavy atom. The van der Waals surface area contributed by atoms with E-state index in [-0.39, 0.29) is 0 Å². The van der Waals surface area contributed by atoms with Gasteiger partial charge < -0.3 is 0 Å². The van der Waals surface area contributed by atoms with Gasteiger partial charge in [-0.05, 0) is 0 Å². The molecule has 0 saturated carbocycles. The summed E-state index contributed by atoms with van der Waals surface area (Å²) in [5.41, 5.74) is 0. The highest BCUT2D eigenvalue weighted by atomic mass is 17.2. The lowest BCUT2D eigenvalue weighted by molar-refractivity contribution is -0.215. The van der Waals surface area contributed by atoms with Crippen LogP contribution >= 0.6 is 0 Å². The van der Waals surface area contributed by atoms with Gasteiger partial charge in [-0.3, -0.25) is 9.78 Å². The number of hydrogen-bond acceptors (Lipinski definition) is 4. The lowest BCUT2D eigenvalue weighted by Gasteiger charge is -1.80. The van der Waals surface area contributed by atoms with Gasteiger partial charge in [-0.1, -0.05) is 0 Å². The summed E-state index contributed by atoms with van der Waals surface area (Å²) >= 11 is 0. The fraction of sp³-hybridized carbons (Fsp3) is 0.333. The first kappa shape index (κ1) is 6.08. The molecule has 4 heteroatoms. The van der Waals surface area contributed by atoms with Crippen LogP contribution in [-0.2, 0) is 14.7 Å². The molecule has 40 valence electrons. The van der Waals surface area contributed by atoms with Crippen LogP contribution in [0, 0.1) is 12.2 Å². The second-order valence-electron chi connectivity index (χ2n) is 0.545. The van der Waals surface area contributed by atoms with Gasteiger partial charge in [0.25, 0.3) is 0 Å². The first-order chi connectivity index (χ1) is 3.41. The third-order valence-corrected chi connectivity index (χ3v) is 0.212. The molecule has 0 unspecified atom stereocenters. The van der Waals surface area contributed by atoms with Crippen LogP contribution in [0.1, 0.15) is 0 Å². The van der Waals surface area contributed by atoms with Crippen LogP contribution in [0.3, 0.4) is 0 Å². The third-order valence-electron chi connectivity index (χ3n) is 0.212. The lowest BCUT2D eigenvalue weighted by atomic mass is 11.2. The molecule has 0 saturated heterocycles. The summed E-state index contributed by atoms with van der Waals surface area (Å²) in [6.45, 7) is 0. The zero-order valence-electron chi connectivity index (χ0n) is 3.67. The van der Waals surface area contributed by atoms with Crippen molar-refractivity contribution in [2.75, 3.05) is 7.11 Å². The number of rotatable bonds is 1. The third kappa shape index (κ3) is 5.08. The Kier molecular flexibility index (Phi) is 4.41.